The molecule has 0 radical (unpaired) electrons. The number of carbonyl (C=O) groups excluding carboxylic acids is 1. The summed E-state index contributed by atoms with van der Waals surface area (Å²) >= 11 is 5.92. The molecule has 1 N–H and O–H groups in total. The minimum absolute atomic E-state index is 0.0158. The highest BCUT2D eigenvalue weighted by molar-refractivity contribution is 6.32. The lowest BCUT2D eigenvalue weighted by Crippen LogP contribution is -2.44. The summed E-state index contributed by atoms with van der Waals surface area (Å²) in [6, 6.07) is 10.5. The fourth-order valence-corrected chi connectivity index (χ4v) is 2.60. The molecule has 8 heteroatoms. The minimum atomic E-state index is -1.20. The Hall–Kier alpha value is -2.80. The number of halogens is 1. The van der Waals surface area contributed by atoms with Crippen LogP contribution in [0.25, 0.3) is 0 Å². The summed E-state index contributed by atoms with van der Waals surface area (Å²) in [4.78, 5) is 28.4. The smallest absolute Gasteiger partial charge is 0.305 e. The summed E-state index contributed by atoms with van der Waals surface area (Å²) in [6.07, 6.45) is 1.49. The summed E-state index contributed by atoms with van der Waals surface area (Å²) < 4.78 is 11.1. The van der Waals surface area contributed by atoms with Crippen LogP contribution in [0, 0.1) is 0 Å². The van der Waals surface area contributed by atoms with Crippen LogP contribution in [0.5, 0.6) is 11.5 Å². The van der Waals surface area contributed by atoms with E-state index in [0.717, 1.165) is 5.69 Å². The number of anilines is 1. The summed E-state index contributed by atoms with van der Waals surface area (Å²) in [5.74, 6) is -0.593. The van der Waals surface area contributed by atoms with Crippen molar-refractivity contribution in [2.45, 2.75) is 18.6 Å². The van der Waals surface area contributed by atoms with Crippen LogP contribution in [0.15, 0.2) is 42.6 Å². The third-order valence-corrected chi connectivity index (χ3v) is 3.85. The molecular formula is C17H15ClN2O5. The van der Waals surface area contributed by atoms with Crippen molar-refractivity contribution < 1.29 is 24.2 Å². The predicted molar refractivity (Wildman–Crippen MR) is 89.9 cm³/mol. The molecule has 0 aliphatic carbocycles. The van der Waals surface area contributed by atoms with Crippen molar-refractivity contribution in [2.75, 3.05) is 11.4 Å². The maximum absolute atomic E-state index is 12.1. The highest BCUT2D eigenvalue weighted by atomic mass is 35.5. The molecular weight excluding hydrogens is 348 g/mol. The number of pyridine rings is 1. The van der Waals surface area contributed by atoms with Gasteiger partial charge in [0.25, 0.3) is 11.5 Å². The first-order valence-corrected chi connectivity index (χ1v) is 7.99. The zero-order valence-corrected chi connectivity index (χ0v) is 13.8. The second-order valence-corrected chi connectivity index (χ2v) is 5.70. The first-order chi connectivity index (χ1) is 12.0. The Bertz CT molecular complexity index is 784. The van der Waals surface area contributed by atoms with Gasteiger partial charge in [0.2, 0.25) is 0 Å². The maximum atomic E-state index is 12.1. The van der Waals surface area contributed by atoms with Gasteiger partial charge >= 0.3 is 5.97 Å². The van der Waals surface area contributed by atoms with Gasteiger partial charge in [-0.3, -0.25) is 14.6 Å². The molecule has 1 aromatic heterocycles. The van der Waals surface area contributed by atoms with Gasteiger partial charge in [0.1, 0.15) is 18.1 Å². The molecule has 7 nitrogen and oxygen atoms in total. The van der Waals surface area contributed by atoms with E-state index in [4.69, 9.17) is 26.2 Å². The number of fused-ring (bicyclic) bond motifs is 1. The third-order valence-electron chi connectivity index (χ3n) is 3.57. The number of carboxylic acids is 1. The molecule has 1 aromatic carbocycles. The molecule has 0 saturated heterocycles. The molecule has 1 aliphatic rings. The van der Waals surface area contributed by atoms with Gasteiger partial charge in [-0.05, 0) is 24.3 Å². The number of carbonyl (C=O) groups is 2. The molecule has 0 bridgehead atoms. The Balaban J connectivity index is 1.77. The average Bonchev–Trinajstić information content (AvgIpc) is 2.61. The second-order valence-electron chi connectivity index (χ2n) is 5.31. The van der Waals surface area contributed by atoms with Crippen LogP contribution in [-0.2, 0) is 16.2 Å². The van der Waals surface area contributed by atoms with Gasteiger partial charge in [0.15, 0.2) is 0 Å². The second kappa shape index (κ2) is 7.40. The Morgan fingerprint density at radius 3 is 2.92 bits per heavy atom. The van der Waals surface area contributed by atoms with Crippen molar-refractivity contribution in [2.24, 2.45) is 0 Å². The van der Waals surface area contributed by atoms with Crippen LogP contribution in [0.2, 0.25) is 0 Å². The molecule has 1 atom stereocenters. The fraction of sp³-hybridized carbons (Fsp3) is 0.235. The minimum Gasteiger partial charge on any atom is -0.487 e. The number of ether oxygens (including phenoxy) is 2. The molecule has 0 saturated carbocycles. The van der Waals surface area contributed by atoms with E-state index in [9.17, 15) is 9.59 Å². The van der Waals surface area contributed by atoms with Crippen molar-refractivity contribution >= 4 is 29.2 Å². The van der Waals surface area contributed by atoms with E-state index in [1.807, 2.05) is 18.2 Å². The van der Waals surface area contributed by atoms with Crippen molar-refractivity contribution in [3.05, 3.63) is 48.3 Å². The van der Waals surface area contributed by atoms with E-state index in [1.165, 1.54) is 4.90 Å². The van der Waals surface area contributed by atoms with E-state index >= 15 is 0 Å². The molecule has 3 rings (SSSR count). The predicted octanol–water partition coefficient (Wildman–Crippen LogP) is 2.43. The van der Waals surface area contributed by atoms with E-state index in [1.54, 1.807) is 24.4 Å². The van der Waals surface area contributed by atoms with Gasteiger partial charge in [-0.15, -0.1) is 0 Å². The lowest BCUT2D eigenvalue weighted by Gasteiger charge is -2.31. The number of carboxylic acid groups (broad SMARTS) is 1. The first kappa shape index (κ1) is 17.0. The molecule has 1 amide bonds. The summed E-state index contributed by atoms with van der Waals surface area (Å²) in [5.41, 5.74) is 0.0373. The van der Waals surface area contributed by atoms with Crippen molar-refractivity contribution in [3.8, 4) is 11.5 Å². The van der Waals surface area contributed by atoms with Crippen molar-refractivity contribution in [3.63, 3.8) is 0 Å². The number of alkyl halides is 1. The summed E-state index contributed by atoms with van der Waals surface area (Å²) in [6.45, 7) is 0.299. The monoisotopic (exact) mass is 362 g/mol. The fourth-order valence-electron chi connectivity index (χ4n) is 2.38. The lowest BCUT2D eigenvalue weighted by atomic mass is 10.2. The zero-order valence-electron chi connectivity index (χ0n) is 13.1. The summed E-state index contributed by atoms with van der Waals surface area (Å²) in [7, 11) is 0. The quantitative estimate of drug-likeness (QED) is 0.794. The van der Waals surface area contributed by atoms with Gasteiger partial charge in [-0.1, -0.05) is 17.7 Å². The number of rotatable bonds is 6. The number of hydrogen-bond donors (Lipinski definition) is 1. The molecule has 130 valence electrons. The van der Waals surface area contributed by atoms with Crippen LogP contribution >= 0.6 is 11.6 Å². The van der Waals surface area contributed by atoms with Gasteiger partial charge in [-0.2, -0.15) is 0 Å². The topological polar surface area (TPSA) is 89.0 Å². The molecule has 2 aromatic rings. The highest BCUT2D eigenvalue weighted by Crippen LogP contribution is 2.38. The lowest BCUT2D eigenvalue weighted by molar-refractivity contribution is -0.136. The number of hydrogen-bond acceptors (Lipinski definition) is 5. The van der Waals surface area contributed by atoms with Crippen LogP contribution in [-0.4, -0.2) is 34.1 Å². The van der Waals surface area contributed by atoms with E-state index < -0.39 is 17.4 Å². The summed E-state index contributed by atoms with van der Waals surface area (Å²) in [5, 5.41) is 8.84. The van der Waals surface area contributed by atoms with E-state index in [2.05, 4.69) is 4.98 Å². The normalized spacial score (nSPS) is 16.1. The number of aromatic nitrogens is 1. The van der Waals surface area contributed by atoms with Crippen LogP contribution in [0.1, 0.15) is 12.1 Å². The highest BCUT2D eigenvalue weighted by Gasteiger charge is 2.33. The van der Waals surface area contributed by atoms with E-state index in [-0.39, 0.29) is 19.6 Å². The van der Waals surface area contributed by atoms with Crippen LogP contribution in [0.3, 0.4) is 0 Å². The molecule has 0 fully saturated rings. The number of amides is 1. The average molecular weight is 363 g/mol. The number of aliphatic carboxylic acids is 1. The Labute approximate surface area is 148 Å². The molecule has 25 heavy (non-hydrogen) atoms. The van der Waals surface area contributed by atoms with Crippen molar-refractivity contribution in [1.82, 2.24) is 4.98 Å². The Kier molecular flexibility index (Phi) is 5.04. The SMILES string of the molecule is O=C(O)CCN1C(=O)C(Cl)Oc2cc(OCc3ccccn3)ccc21. The van der Waals surface area contributed by atoms with Crippen LogP contribution < -0.4 is 14.4 Å². The molecule has 1 unspecified atom stereocenters. The van der Waals surface area contributed by atoms with E-state index in [0.29, 0.717) is 17.2 Å². The van der Waals surface area contributed by atoms with Gasteiger partial charge < -0.3 is 19.5 Å². The van der Waals surface area contributed by atoms with Crippen LogP contribution in [0.4, 0.5) is 5.69 Å². The Morgan fingerprint density at radius 1 is 1.36 bits per heavy atom. The standard InChI is InChI=1S/C17H15ClN2O5/c18-16-17(23)20(8-6-15(21)22)13-5-4-12(9-14(13)25-16)24-10-11-3-1-2-7-19-11/h1-5,7,9,16H,6,8,10H2,(H,21,22). The van der Waals surface area contributed by atoms with Gasteiger partial charge in [0, 0.05) is 18.8 Å². The maximum Gasteiger partial charge on any atom is 0.305 e. The number of benzene rings is 1. The third kappa shape index (κ3) is 4.00. The molecule has 1 aliphatic heterocycles. The first-order valence-electron chi connectivity index (χ1n) is 7.55. The number of nitrogens with zero attached hydrogens (tertiary/aromatic N) is 2. The zero-order chi connectivity index (χ0) is 17.8. The molecule has 0 spiro atoms. The van der Waals surface area contributed by atoms with Gasteiger partial charge in [-0.25, -0.2) is 0 Å². The Morgan fingerprint density at radius 2 is 2.20 bits per heavy atom. The molecule has 2 heterocycles. The largest absolute Gasteiger partial charge is 0.487 e. The van der Waals surface area contributed by atoms with Gasteiger partial charge in [0.05, 0.1) is 17.8 Å². The van der Waals surface area contributed by atoms with Crippen molar-refractivity contribution in [1.29, 1.82) is 0 Å².